The maximum absolute atomic E-state index is 11.4. The Kier molecular flexibility index (Phi) is 92.2. The minimum Gasteiger partial charge on any atom is -0.381 e. The van der Waals surface area contributed by atoms with Crippen LogP contribution in [-0.2, 0) is 43.1 Å². The van der Waals surface area contributed by atoms with Gasteiger partial charge in [0, 0.05) is 13.2 Å². The van der Waals surface area contributed by atoms with Gasteiger partial charge in [-0.3, -0.25) is 99.0 Å². The third-order valence-corrected chi connectivity index (χ3v) is 30.6. The summed E-state index contributed by atoms with van der Waals surface area (Å²) in [5.41, 5.74) is 0. The van der Waals surface area contributed by atoms with Gasteiger partial charge in [-0.25, -0.2) is 0 Å². The molecule has 0 spiro atoms. The summed E-state index contributed by atoms with van der Waals surface area (Å²) in [4.78, 5) is 160. The first kappa shape index (κ1) is 133. The Morgan fingerprint density at radius 1 is 0.179 bits per heavy atom. The third-order valence-electron chi connectivity index (χ3n) is 24.4. The van der Waals surface area contributed by atoms with Crippen molar-refractivity contribution in [3.05, 3.63) is 76.9 Å². The average molecular weight is 2080 g/mol. The number of ketones is 1. The Bertz CT molecular complexity index is 3600. The maximum Gasteiger partial charge on any atom is 0.290 e. The van der Waals surface area contributed by atoms with Gasteiger partial charge in [0.1, 0.15) is 0 Å². The zero-order chi connectivity index (χ0) is 102. The summed E-state index contributed by atoms with van der Waals surface area (Å²) >= 11 is 7.18. The number of rotatable bonds is 77. The number of carbonyl (C=O) groups is 14. The zero-order valence-corrected chi connectivity index (χ0v) is 93.7. The summed E-state index contributed by atoms with van der Waals surface area (Å²) in [6.07, 6.45) is 107. The molecule has 0 bridgehead atoms. The largest absolute Gasteiger partial charge is 0.381 e. The molecule has 7 aliphatic heterocycles. The number of nitrogens with one attached hydrogen (secondary N) is 6. The number of ether oxygens (including phenoxy) is 1. The molecule has 0 aromatic heterocycles. The first-order valence-electron chi connectivity index (χ1n) is 55.6. The molecular formula is C112H188N6O15S7. The van der Waals surface area contributed by atoms with Crippen molar-refractivity contribution < 1.29 is 71.9 Å². The number of Topliss-reactive ketones (excluding diaryl/α,β-unsaturated/α-hetero) is 1. The fraction of sp³-hybridized carbons (Fsp3) is 0.750. The van der Waals surface area contributed by atoms with Crippen molar-refractivity contribution in [1.29, 1.82) is 0 Å². The van der Waals surface area contributed by atoms with E-state index in [4.69, 9.17) is 4.74 Å². The number of hydrogen-bond donors (Lipinski definition) is 6. The lowest BCUT2D eigenvalue weighted by Gasteiger charge is -2.04. The summed E-state index contributed by atoms with van der Waals surface area (Å²) in [7, 11) is 0. The van der Waals surface area contributed by atoms with Gasteiger partial charge in [0.15, 0.2) is 5.78 Å². The van der Waals surface area contributed by atoms with E-state index in [9.17, 15) is 67.1 Å². The second-order valence-electron chi connectivity index (χ2n) is 37.5. The molecule has 28 heteroatoms. The number of carbonyl (C=O) groups excluding carboxylic acids is 14. The fourth-order valence-electron chi connectivity index (χ4n) is 16.0. The molecule has 0 radical (unpaired) electrons. The van der Waals surface area contributed by atoms with Crippen LogP contribution >= 0.6 is 82.3 Å². The Balaban J connectivity index is 0.000000821. The molecule has 0 atom stereocenters. The van der Waals surface area contributed by atoms with Crippen molar-refractivity contribution in [1.82, 2.24) is 31.9 Å². The second-order valence-corrected chi connectivity index (χ2v) is 44.6. The summed E-state index contributed by atoms with van der Waals surface area (Å²) in [6.45, 7) is 17.3. The van der Waals surface area contributed by atoms with Crippen LogP contribution in [0.15, 0.2) is 76.9 Å². The number of amides is 12. The van der Waals surface area contributed by atoms with E-state index in [1.165, 1.54) is 372 Å². The van der Waals surface area contributed by atoms with Crippen LogP contribution in [0.25, 0.3) is 0 Å². The molecule has 12 amide bonds. The first-order valence-corrected chi connectivity index (χ1v) is 61.3. The van der Waals surface area contributed by atoms with Crippen LogP contribution in [0.4, 0.5) is 28.8 Å². The fourth-order valence-corrected chi connectivity index (χ4v) is 21.0. The van der Waals surface area contributed by atoms with E-state index < -0.39 is 0 Å². The Labute approximate surface area is 877 Å². The van der Waals surface area contributed by atoms with Gasteiger partial charge in [-0.15, -0.1) is 0 Å². The highest BCUT2D eigenvalue weighted by Crippen LogP contribution is 2.33. The molecule has 7 fully saturated rings. The number of hydrogen-bond acceptors (Lipinski definition) is 22. The van der Waals surface area contributed by atoms with Crippen LogP contribution in [0.1, 0.15) is 530 Å². The second kappa shape index (κ2) is 97.2. The van der Waals surface area contributed by atoms with Crippen molar-refractivity contribution in [3.63, 3.8) is 0 Å². The number of unbranched alkanes of at least 4 members (excludes halogenated alkanes) is 66. The van der Waals surface area contributed by atoms with Gasteiger partial charge in [0.25, 0.3) is 66.9 Å². The van der Waals surface area contributed by atoms with Gasteiger partial charge in [-0.05, 0) is 185 Å². The minimum absolute atomic E-state index is 0.000755. The topological polar surface area (TPSA) is 320 Å². The lowest BCUT2D eigenvalue weighted by Crippen LogP contribution is -2.17. The van der Waals surface area contributed by atoms with Crippen molar-refractivity contribution in [2.45, 2.75) is 530 Å². The monoisotopic (exact) mass is 2080 g/mol. The minimum atomic E-state index is -0.269. The molecule has 21 nitrogen and oxygen atoms in total. The van der Waals surface area contributed by atoms with E-state index in [1.54, 1.807) is 0 Å². The predicted octanol–water partition coefficient (Wildman–Crippen LogP) is 35.2. The molecule has 7 aliphatic rings. The number of imide groups is 6. The molecule has 0 saturated carbocycles. The van der Waals surface area contributed by atoms with Crippen LogP contribution < -0.4 is 31.9 Å². The van der Waals surface area contributed by atoms with Crippen LogP contribution in [0.3, 0.4) is 0 Å². The lowest BCUT2D eigenvalue weighted by atomic mass is 10.0. The highest BCUT2D eigenvalue weighted by molar-refractivity contribution is 8.20. The van der Waals surface area contributed by atoms with Crippen molar-refractivity contribution in [3.8, 4) is 0 Å². The molecule has 7 rings (SSSR count). The van der Waals surface area contributed by atoms with Gasteiger partial charge in [-0.1, -0.05) is 463 Å². The summed E-state index contributed by atoms with van der Waals surface area (Å²) in [5.74, 6) is -1.39. The molecule has 0 aromatic carbocycles. The number of thioether (sulfide) groups is 7. The maximum atomic E-state index is 11.4. The SMILES string of the molecule is CCCCCCC/C=C1\SC(=O)NC1=O.CCCCCCCCC/C=C1\SC(=O)CC1=O.CCCCCCCCCC/C=C1\SC(=O)NC1=O.CCCCCCCCCCC/C=C1\SC(=O)NC1=O.CCCCCCCCCCCCCCC/C=C1\SC(=O)NC1=O.CCCCCCCCCCCCCCCCC/C=C1\SC(=O)NC1=O.CCCCCCCCCCOCCCC/C=C1\SC(=O)NC1=O. The zero-order valence-electron chi connectivity index (χ0n) is 88.0. The Morgan fingerprint density at radius 2 is 0.314 bits per heavy atom. The average Bonchev–Trinajstić information content (AvgIpc) is 1.80. The molecule has 0 aromatic rings. The van der Waals surface area contributed by atoms with Crippen LogP contribution in [0.5, 0.6) is 0 Å². The highest BCUT2D eigenvalue weighted by atomic mass is 32.2. The first-order chi connectivity index (χ1) is 68.2. The summed E-state index contributed by atoms with van der Waals surface area (Å²) in [5, 5.41) is 12.1. The molecule has 0 aliphatic carbocycles. The number of allylic oxidation sites excluding steroid dienone is 8. The van der Waals surface area contributed by atoms with Crippen LogP contribution in [0.2, 0.25) is 0 Å². The third kappa shape index (κ3) is 80.0. The molecule has 6 N–H and O–H groups in total. The molecule has 7 heterocycles. The smallest absolute Gasteiger partial charge is 0.290 e. The van der Waals surface area contributed by atoms with Gasteiger partial charge >= 0.3 is 0 Å². The Morgan fingerprint density at radius 3 is 0.457 bits per heavy atom. The van der Waals surface area contributed by atoms with E-state index in [0.29, 0.717) is 34.3 Å². The molecule has 7 saturated heterocycles. The van der Waals surface area contributed by atoms with Crippen molar-refractivity contribution in [2.75, 3.05) is 13.2 Å². The van der Waals surface area contributed by atoms with E-state index in [2.05, 4.69) is 80.4 Å². The molecule has 140 heavy (non-hydrogen) atoms. The van der Waals surface area contributed by atoms with E-state index in [0.717, 1.165) is 198 Å². The summed E-state index contributed by atoms with van der Waals surface area (Å²) < 4.78 is 5.63. The van der Waals surface area contributed by atoms with Gasteiger partial charge in [0.2, 0.25) is 5.12 Å². The van der Waals surface area contributed by atoms with E-state index >= 15 is 0 Å². The summed E-state index contributed by atoms with van der Waals surface area (Å²) in [6, 6.07) is 0. The van der Waals surface area contributed by atoms with Crippen molar-refractivity contribution >= 4 is 160 Å². The lowest BCUT2D eigenvalue weighted by molar-refractivity contribution is -0.120. The van der Waals surface area contributed by atoms with E-state index in [-0.39, 0.29) is 84.2 Å². The standard InChI is InChI=1S/C21H37NO2S.C19H33NO2S.C18H31NO3S.C15H25NO2S.C14H23NO2S.C14H22O2S.C11H17NO2S/c1-2-3-4-5-6-7-8-9-10-11-12-13-14-15-16-17-18-19-20(23)22-21(24)25-19;1-2-3-4-5-6-7-8-9-10-11-12-13-14-15-16-17-18(21)20-19(22)23-17;1-2-3-4-5-6-7-8-11-14-22-15-12-9-10-13-16-17(20)19-18(21)23-16;1-2-3-4-5-6-7-8-9-10-11-12-13-14(17)16-15(18)19-13;1-2-3-4-5-6-7-8-9-10-11-12-13(16)15-14(17)18-12;1-2-3-4-5-6-7-8-9-10-13-12(15)11-14(16)17-13;1-2-3-4-5-6-7-8-9-10(13)12-11(14)15-9/h18H,2-17H2,1H3,(H,22,23,24);16H,2-15H2,1H3,(H,20,21,22);13H,2-12,14-15H2,1H3,(H,19,20,21);12H,2-11H2,1H3,(H,16,17,18);11H,2-10H2,1H3,(H,15,16,17);10H,2-9,11H2,1H3;8H,2-7H2,1H3,(H,12,13,14)/b19-18-;17-16-;16-13-;13-12-;12-11-;13-10-;9-8-. The van der Waals surface area contributed by atoms with Crippen molar-refractivity contribution in [2.24, 2.45) is 0 Å². The Hall–Kier alpha value is -5.23. The normalized spacial score (nSPS) is 17.0. The van der Waals surface area contributed by atoms with Gasteiger partial charge in [0.05, 0.1) is 40.8 Å². The molecular weight excluding hydrogens is 1890 g/mol. The van der Waals surface area contributed by atoms with E-state index in [1.807, 2.05) is 42.5 Å². The quantitative estimate of drug-likeness (QED) is 0.0187. The molecule has 0 unspecified atom stereocenters. The highest BCUT2D eigenvalue weighted by Gasteiger charge is 2.30. The van der Waals surface area contributed by atoms with Crippen LogP contribution in [-0.4, -0.2) is 91.0 Å². The van der Waals surface area contributed by atoms with Gasteiger partial charge < -0.3 is 4.74 Å². The molecule has 798 valence electrons. The van der Waals surface area contributed by atoms with Crippen LogP contribution in [0, 0.1) is 0 Å². The predicted molar refractivity (Wildman–Crippen MR) is 598 cm³/mol. The van der Waals surface area contributed by atoms with Gasteiger partial charge in [-0.2, -0.15) is 0 Å².